The number of halogens is 2. The van der Waals surface area contributed by atoms with E-state index >= 15 is 0 Å². The van der Waals surface area contributed by atoms with Crippen LogP contribution in [0.2, 0.25) is 0 Å². The molecule has 102 valence electrons. The fourth-order valence-corrected chi connectivity index (χ4v) is 2.33. The van der Waals surface area contributed by atoms with E-state index in [4.69, 9.17) is 0 Å². The van der Waals surface area contributed by atoms with Crippen molar-refractivity contribution in [2.75, 3.05) is 6.54 Å². The van der Waals surface area contributed by atoms with Crippen molar-refractivity contribution in [1.82, 2.24) is 14.9 Å². The lowest BCUT2D eigenvalue weighted by Crippen LogP contribution is -2.24. The molecule has 0 aliphatic rings. The molecule has 2 rings (SSSR count). The van der Waals surface area contributed by atoms with E-state index in [1.54, 1.807) is 6.07 Å². The zero-order valence-corrected chi connectivity index (χ0v) is 11.4. The van der Waals surface area contributed by atoms with E-state index in [2.05, 4.69) is 21.8 Å². The third kappa shape index (κ3) is 3.78. The number of nitrogens with one attached hydrogen (secondary N) is 1. The van der Waals surface area contributed by atoms with Crippen LogP contribution in [0.25, 0.3) is 0 Å². The Morgan fingerprint density at radius 2 is 2.16 bits per heavy atom. The highest BCUT2D eigenvalue weighted by Gasteiger charge is 2.15. The molecule has 0 fully saturated rings. The molecule has 6 heteroatoms. The number of benzene rings is 1. The van der Waals surface area contributed by atoms with Gasteiger partial charge in [-0.3, -0.25) is 0 Å². The van der Waals surface area contributed by atoms with Crippen molar-refractivity contribution in [3.05, 3.63) is 46.5 Å². The highest BCUT2D eigenvalue weighted by Crippen LogP contribution is 2.19. The molecule has 1 heterocycles. The van der Waals surface area contributed by atoms with Gasteiger partial charge in [0.05, 0.1) is 11.7 Å². The molecule has 0 spiro atoms. The Balaban J connectivity index is 2.13. The van der Waals surface area contributed by atoms with Crippen molar-refractivity contribution in [1.29, 1.82) is 0 Å². The molecule has 1 N–H and O–H groups in total. The molecule has 0 radical (unpaired) electrons. The first-order chi connectivity index (χ1) is 9.20. The Kier molecular flexibility index (Phi) is 4.93. The van der Waals surface area contributed by atoms with Crippen molar-refractivity contribution in [2.45, 2.75) is 25.8 Å². The van der Waals surface area contributed by atoms with Crippen LogP contribution in [0.1, 0.15) is 30.6 Å². The normalized spacial score (nSPS) is 12.6. The van der Waals surface area contributed by atoms with Crippen LogP contribution >= 0.6 is 11.5 Å². The van der Waals surface area contributed by atoms with Crippen molar-refractivity contribution >= 4 is 11.5 Å². The standard InChI is InChI=1S/C13H15F2N3S/c1-2-5-16-12(13-8-19-18-17-13)7-9-3-4-10(14)11(15)6-9/h3-4,6,8,12,16H,2,5,7H2,1H3. The Hall–Kier alpha value is -1.40. The average molecular weight is 283 g/mol. The van der Waals surface area contributed by atoms with E-state index in [0.29, 0.717) is 6.42 Å². The number of rotatable bonds is 6. The quantitative estimate of drug-likeness (QED) is 0.885. The first kappa shape index (κ1) is 14.0. The fourth-order valence-electron chi connectivity index (χ4n) is 1.83. The van der Waals surface area contributed by atoms with Gasteiger partial charge in [-0.15, -0.1) is 5.10 Å². The molecule has 1 unspecified atom stereocenters. The Labute approximate surface area is 114 Å². The fraction of sp³-hybridized carbons (Fsp3) is 0.385. The largest absolute Gasteiger partial charge is 0.308 e. The summed E-state index contributed by atoms with van der Waals surface area (Å²) >= 11 is 1.28. The Morgan fingerprint density at radius 3 is 2.79 bits per heavy atom. The van der Waals surface area contributed by atoms with Crippen LogP contribution in [0, 0.1) is 11.6 Å². The number of hydrogen-bond acceptors (Lipinski definition) is 4. The second-order valence-electron chi connectivity index (χ2n) is 4.29. The van der Waals surface area contributed by atoms with Crippen LogP contribution in [0.15, 0.2) is 23.6 Å². The maximum Gasteiger partial charge on any atom is 0.159 e. The first-order valence-electron chi connectivity index (χ1n) is 6.15. The highest BCUT2D eigenvalue weighted by molar-refractivity contribution is 7.03. The minimum Gasteiger partial charge on any atom is -0.308 e. The molecule has 0 saturated heterocycles. The summed E-state index contributed by atoms with van der Waals surface area (Å²) in [6.45, 7) is 2.91. The zero-order valence-electron chi connectivity index (χ0n) is 10.6. The molecule has 0 aliphatic heterocycles. The van der Waals surface area contributed by atoms with Gasteiger partial charge in [0.2, 0.25) is 0 Å². The van der Waals surface area contributed by atoms with Crippen LogP contribution in [-0.2, 0) is 6.42 Å². The van der Waals surface area contributed by atoms with E-state index in [0.717, 1.165) is 30.3 Å². The Bertz CT molecular complexity index is 517. The van der Waals surface area contributed by atoms with E-state index < -0.39 is 11.6 Å². The summed E-state index contributed by atoms with van der Waals surface area (Å²) in [6, 6.07) is 3.96. The van der Waals surface area contributed by atoms with Crippen LogP contribution in [0.3, 0.4) is 0 Å². The summed E-state index contributed by atoms with van der Waals surface area (Å²) < 4.78 is 29.9. The van der Waals surface area contributed by atoms with Gasteiger partial charge in [-0.2, -0.15) is 0 Å². The van der Waals surface area contributed by atoms with Crippen LogP contribution in [0.4, 0.5) is 8.78 Å². The summed E-state index contributed by atoms with van der Waals surface area (Å²) in [6.07, 6.45) is 1.55. The SMILES string of the molecule is CCCNC(Cc1ccc(F)c(F)c1)c1csnn1. The van der Waals surface area contributed by atoms with E-state index in [-0.39, 0.29) is 6.04 Å². The maximum atomic E-state index is 13.2. The summed E-state index contributed by atoms with van der Waals surface area (Å²) in [7, 11) is 0. The molecule has 1 atom stereocenters. The summed E-state index contributed by atoms with van der Waals surface area (Å²) in [5.41, 5.74) is 1.57. The minimum atomic E-state index is -0.822. The lowest BCUT2D eigenvalue weighted by molar-refractivity contribution is 0.497. The third-order valence-corrected chi connectivity index (χ3v) is 3.32. The summed E-state index contributed by atoms with van der Waals surface area (Å²) in [5.74, 6) is -1.64. The molecule has 1 aromatic carbocycles. The first-order valence-corrected chi connectivity index (χ1v) is 6.98. The number of hydrogen-bond donors (Lipinski definition) is 1. The summed E-state index contributed by atoms with van der Waals surface area (Å²) in [4.78, 5) is 0. The molecular weight excluding hydrogens is 268 g/mol. The van der Waals surface area contributed by atoms with E-state index in [1.165, 1.54) is 17.6 Å². The number of aromatic nitrogens is 2. The molecular formula is C13H15F2N3S. The van der Waals surface area contributed by atoms with E-state index in [9.17, 15) is 8.78 Å². The molecule has 0 aliphatic carbocycles. The lowest BCUT2D eigenvalue weighted by Gasteiger charge is -2.16. The minimum absolute atomic E-state index is 0.0245. The van der Waals surface area contributed by atoms with Crippen LogP contribution < -0.4 is 5.32 Å². The lowest BCUT2D eigenvalue weighted by atomic mass is 10.0. The molecule has 0 amide bonds. The smallest absolute Gasteiger partial charge is 0.159 e. The van der Waals surface area contributed by atoms with Gasteiger partial charge in [0.15, 0.2) is 11.6 Å². The van der Waals surface area contributed by atoms with Gasteiger partial charge in [0.25, 0.3) is 0 Å². The van der Waals surface area contributed by atoms with Crippen molar-refractivity contribution < 1.29 is 8.78 Å². The molecule has 2 aromatic rings. The monoisotopic (exact) mass is 283 g/mol. The highest BCUT2D eigenvalue weighted by atomic mass is 32.1. The summed E-state index contributed by atoms with van der Waals surface area (Å²) in [5, 5.41) is 9.25. The average Bonchev–Trinajstić information content (AvgIpc) is 2.92. The van der Waals surface area contributed by atoms with Gasteiger partial charge in [0.1, 0.15) is 0 Å². The molecule has 0 bridgehead atoms. The second-order valence-corrected chi connectivity index (χ2v) is 4.90. The molecule has 0 saturated carbocycles. The van der Waals surface area contributed by atoms with Crippen LogP contribution in [0.5, 0.6) is 0 Å². The predicted octanol–water partition coefficient (Wildman–Crippen LogP) is 3.10. The molecule has 1 aromatic heterocycles. The molecule has 3 nitrogen and oxygen atoms in total. The maximum absolute atomic E-state index is 13.2. The second kappa shape index (κ2) is 6.68. The van der Waals surface area contributed by atoms with Gasteiger partial charge < -0.3 is 5.32 Å². The Morgan fingerprint density at radius 1 is 1.32 bits per heavy atom. The van der Waals surface area contributed by atoms with E-state index in [1.807, 2.05) is 5.38 Å². The van der Waals surface area contributed by atoms with Crippen molar-refractivity contribution in [3.63, 3.8) is 0 Å². The van der Waals surface area contributed by atoms with Gasteiger partial charge in [0, 0.05) is 5.38 Å². The number of nitrogens with zero attached hydrogens (tertiary/aromatic N) is 2. The topological polar surface area (TPSA) is 37.8 Å². The third-order valence-electron chi connectivity index (χ3n) is 2.80. The predicted molar refractivity (Wildman–Crippen MR) is 71.0 cm³/mol. The van der Waals surface area contributed by atoms with Crippen molar-refractivity contribution in [3.8, 4) is 0 Å². The van der Waals surface area contributed by atoms with Crippen LogP contribution in [-0.4, -0.2) is 16.1 Å². The van der Waals surface area contributed by atoms with Gasteiger partial charge in [-0.25, -0.2) is 8.78 Å². The molecule has 19 heavy (non-hydrogen) atoms. The zero-order chi connectivity index (χ0) is 13.7. The van der Waals surface area contributed by atoms with Gasteiger partial charge >= 0.3 is 0 Å². The van der Waals surface area contributed by atoms with Gasteiger partial charge in [-0.1, -0.05) is 17.5 Å². The van der Waals surface area contributed by atoms with Crippen molar-refractivity contribution in [2.24, 2.45) is 0 Å². The van der Waals surface area contributed by atoms with Gasteiger partial charge in [-0.05, 0) is 48.6 Å².